The van der Waals surface area contributed by atoms with Gasteiger partial charge in [0.25, 0.3) is 0 Å². The van der Waals surface area contributed by atoms with E-state index in [-0.39, 0.29) is 5.97 Å². The summed E-state index contributed by atoms with van der Waals surface area (Å²) in [7, 11) is 0. The Balaban J connectivity index is 3.57. The number of hydrogen-bond acceptors (Lipinski definition) is 3. The van der Waals surface area contributed by atoms with E-state index in [1.807, 2.05) is 13.8 Å². The number of carbonyl (C=O) groups excluding carboxylic acids is 1. The first-order valence-corrected chi connectivity index (χ1v) is 3.38. The van der Waals surface area contributed by atoms with Crippen molar-refractivity contribution in [3.8, 4) is 0 Å². The fourth-order valence-corrected chi connectivity index (χ4v) is 0.550. The van der Waals surface area contributed by atoms with E-state index in [1.54, 1.807) is 0 Å². The standard InChI is InChI=1S/C7H13NO2/c1-4-5-6(2)8-10-7(3)9/h4-5H2,1-3H3/b8-6+. The van der Waals surface area contributed by atoms with Gasteiger partial charge in [0.05, 0.1) is 5.71 Å². The SMILES string of the molecule is CCC/C(C)=N/OC(C)=O. The maximum Gasteiger partial charge on any atom is 0.331 e. The Kier molecular flexibility index (Phi) is 4.54. The molecule has 3 heteroatoms. The number of carbonyl (C=O) groups is 1. The highest BCUT2D eigenvalue weighted by Gasteiger charge is 1.91. The lowest BCUT2D eigenvalue weighted by molar-refractivity contribution is -0.140. The van der Waals surface area contributed by atoms with Crippen LogP contribution in [0.2, 0.25) is 0 Å². The van der Waals surface area contributed by atoms with Crippen molar-refractivity contribution in [2.24, 2.45) is 5.16 Å². The summed E-state index contributed by atoms with van der Waals surface area (Å²) in [6.45, 7) is 5.22. The van der Waals surface area contributed by atoms with Crippen molar-refractivity contribution >= 4 is 11.7 Å². The van der Waals surface area contributed by atoms with Gasteiger partial charge < -0.3 is 4.84 Å². The molecule has 0 spiro atoms. The van der Waals surface area contributed by atoms with E-state index >= 15 is 0 Å². The van der Waals surface area contributed by atoms with Gasteiger partial charge in [-0.1, -0.05) is 18.5 Å². The minimum Gasteiger partial charge on any atom is -0.319 e. The Bertz CT molecular complexity index is 141. The van der Waals surface area contributed by atoms with Crippen LogP contribution in [0.4, 0.5) is 0 Å². The van der Waals surface area contributed by atoms with Gasteiger partial charge in [-0.25, -0.2) is 4.79 Å². The highest BCUT2D eigenvalue weighted by atomic mass is 16.7. The lowest BCUT2D eigenvalue weighted by atomic mass is 10.2. The predicted molar refractivity (Wildman–Crippen MR) is 39.8 cm³/mol. The van der Waals surface area contributed by atoms with Crippen LogP contribution in [0, 0.1) is 0 Å². The fraction of sp³-hybridized carbons (Fsp3) is 0.714. The van der Waals surface area contributed by atoms with E-state index in [2.05, 4.69) is 9.99 Å². The molecular weight excluding hydrogens is 130 g/mol. The van der Waals surface area contributed by atoms with Gasteiger partial charge in [-0.2, -0.15) is 0 Å². The fourth-order valence-electron chi connectivity index (χ4n) is 0.550. The molecule has 58 valence electrons. The minimum absolute atomic E-state index is 0.365. The molecular formula is C7H13NO2. The first kappa shape index (κ1) is 9.14. The maximum atomic E-state index is 10.2. The van der Waals surface area contributed by atoms with Gasteiger partial charge in [0, 0.05) is 6.92 Å². The third-order valence-corrected chi connectivity index (χ3v) is 0.942. The zero-order valence-electron chi connectivity index (χ0n) is 6.68. The highest BCUT2D eigenvalue weighted by Crippen LogP contribution is 1.91. The zero-order valence-corrected chi connectivity index (χ0v) is 6.68. The van der Waals surface area contributed by atoms with Crippen LogP contribution in [0.15, 0.2) is 5.16 Å². The Morgan fingerprint density at radius 2 is 2.10 bits per heavy atom. The molecule has 0 saturated heterocycles. The predicted octanol–water partition coefficient (Wildman–Crippen LogP) is 1.73. The van der Waals surface area contributed by atoms with Crippen LogP contribution in [0.1, 0.15) is 33.6 Å². The molecule has 0 amide bonds. The first-order valence-electron chi connectivity index (χ1n) is 3.38. The van der Waals surface area contributed by atoms with E-state index in [1.165, 1.54) is 6.92 Å². The number of hydrogen-bond donors (Lipinski definition) is 0. The summed E-state index contributed by atoms with van der Waals surface area (Å²) in [5, 5.41) is 3.58. The average Bonchev–Trinajstić information content (AvgIpc) is 1.85. The van der Waals surface area contributed by atoms with Gasteiger partial charge in [0.2, 0.25) is 0 Å². The molecule has 0 unspecified atom stereocenters. The molecule has 0 saturated carbocycles. The van der Waals surface area contributed by atoms with Crippen LogP contribution in [-0.4, -0.2) is 11.7 Å². The Labute approximate surface area is 61.1 Å². The van der Waals surface area contributed by atoms with Crippen molar-refractivity contribution in [3.63, 3.8) is 0 Å². The lowest BCUT2D eigenvalue weighted by Crippen LogP contribution is -1.96. The quantitative estimate of drug-likeness (QED) is 0.343. The molecule has 0 atom stereocenters. The monoisotopic (exact) mass is 143 g/mol. The summed E-state index contributed by atoms with van der Waals surface area (Å²) in [5.74, 6) is -0.365. The second kappa shape index (κ2) is 4.97. The van der Waals surface area contributed by atoms with Crippen LogP contribution in [0.25, 0.3) is 0 Å². The molecule has 3 nitrogen and oxygen atoms in total. The van der Waals surface area contributed by atoms with E-state index in [0.29, 0.717) is 0 Å². The molecule has 0 aromatic heterocycles. The van der Waals surface area contributed by atoms with Crippen molar-refractivity contribution in [1.82, 2.24) is 0 Å². The van der Waals surface area contributed by atoms with Crippen LogP contribution < -0.4 is 0 Å². The normalized spacial score (nSPS) is 11.3. The molecule has 0 N–H and O–H groups in total. The van der Waals surface area contributed by atoms with Crippen molar-refractivity contribution < 1.29 is 9.63 Å². The molecule has 0 aliphatic heterocycles. The summed E-state index contributed by atoms with van der Waals surface area (Å²) in [5.41, 5.74) is 0.859. The van der Waals surface area contributed by atoms with Gasteiger partial charge in [-0.05, 0) is 13.3 Å². The number of nitrogens with zero attached hydrogens (tertiary/aromatic N) is 1. The van der Waals surface area contributed by atoms with E-state index < -0.39 is 0 Å². The first-order chi connectivity index (χ1) is 4.66. The van der Waals surface area contributed by atoms with Crippen molar-refractivity contribution in [3.05, 3.63) is 0 Å². The van der Waals surface area contributed by atoms with Crippen LogP contribution in [0.3, 0.4) is 0 Å². The third-order valence-electron chi connectivity index (χ3n) is 0.942. The van der Waals surface area contributed by atoms with Gasteiger partial charge in [0.1, 0.15) is 0 Å². The molecule has 0 rings (SSSR count). The zero-order chi connectivity index (χ0) is 7.98. The molecule has 0 aliphatic rings. The van der Waals surface area contributed by atoms with E-state index in [4.69, 9.17) is 0 Å². The topological polar surface area (TPSA) is 38.7 Å². The highest BCUT2D eigenvalue weighted by molar-refractivity contribution is 5.82. The molecule has 0 aromatic carbocycles. The van der Waals surface area contributed by atoms with Crippen LogP contribution in [0.5, 0.6) is 0 Å². The number of rotatable bonds is 3. The third kappa shape index (κ3) is 5.28. The van der Waals surface area contributed by atoms with Crippen molar-refractivity contribution in [1.29, 1.82) is 0 Å². The van der Waals surface area contributed by atoms with Gasteiger partial charge in [-0.15, -0.1) is 0 Å². The largest absolute Gasteiger partial charge is 0.331 e. The van der Waals surface area contributed by atoms with Crippen molar-refractivity contribution in [2.45, 2.75) is 33.6 Å². The summed E-state index contributed by atoms with van der Waals surface area (Å²) >= 11 is 0. The lowest BCUT2D eigenvalue weighted by Gasteiger charge is -1.94. The van der Waals surface area contributed by atoms with E-state index in [0.717, 1.165) is 18.6 Å². The number of oxime groups is 1. The molecule has 0 bridgehead atoms. The second-order valence-corrected chi connectivity index (χ2v) is 2.16. The summed E-state index contributed by atoms with van der Waals surface area (Å²) in [6.07, 6.45) is 1.91. The second-order valence-electron chi connectivity index (χ2n) is 2.16. The summed E-state index contributed by atoms with van der Waals surface area (Å²) < 4.78 is 0. The molecule has 10 heavy (non-hydrogen) atoms. The minimum atomic E-state index is -0.365. The summed E-state index contributed by atoms with van der Waals surface area (Å²) in [6, 6.07) is 0. The van der Waals surface area contributed by atoms with Gasteiger partial charge in [-0.3, -0.25) is 0 Å². The average molecular weight is 143 g/mol. The molecule has 0 aliphatic carbocycles. The molecule has 0 fully saturated rings. The van der Waals surface area contributed by atoms with Crippen molar-refractivity contribution in [2.75, 3.05) is 0 Å². The van der Waals surface area contributed by atoms with Gasteiger partial charge in [0.15, 0.2) is 0 Å². The summed E-state index contributed by atoms with van der Waals surface area (Å²) in [4.78, 5) is 14.6. The smallest absolute Gasteiger partial charge is 0.319 e. The van der Waals surface area contributed by atoms with E-state index in [9.17, 15) is 4.79 Å². The Morgan fingerprint density at radius 1 is 1.50 bits per heavy atom. The van der Waals surface area contributed by atoms with Gasteiger partial charge >= 0.3 is 5.97 Å². The Morgan fingerprint density at radius 3 is 2.50 bits per heavy atom. The van der Waals surface area contributed by atoms with Crippen LogP contribution >= 0.6 is 0 Å². The maximum absolute atomic E-state index is 10.2. The molecule has 0 heterocycles. The molecule has 0 aromatic rings. The Hall–Kier alpha value is -0.860. The molecule has 0 radical (unpaired) electrons. The van der Waals surface area contributed by atoms with Crippen LogP contribution in [-0.2, 0) is 9.63 Å².